The molecular formula is C14H19NO4. The third kappa shape index (κ3) is 4.99. The minimum Gasteiger partial charge on any atom is -0.484 e. The fourth-order valence-electron chi connectivity index (χ4n) is 1.40. The number of amides is 1. The van der Waals surface area contributed by atoms with E-state index in [0.29, 0.717) is 11.3 Å². The Morgan fingerprint density at radius 3 is 2.74 bits per heavy atom. The monoisotopic (exact) mass is 265 g/mol. The first kappa shape index (κ1) is 15.0. The van der Waals surface area contributed by atoms with Gasteiger partial charge in [0.2, 0.25) is 0 Å². The number of carbonyl (C=O) groups excluding carboxylic acids is 2. The molecule has 0 heterocycles. The molecule has 0 aliphatic rings. The molecule has 0 radical (unpaired) electrons. The van der Waals surface area contributed by atoms with Gasteiger partial charge >= 0.3 is 5.97 Å². The van der Waals surface area contributed by atoms with Crippen LogP contribution in [-0.4, -0.2) is 31.6 Å². The summed E-state index contributed by atoms with van der Waals surface area (Å²) in [5.74, 6) is -0.158. The largest absolute Gasteiger partial charge is 0.484 e. The van der Waals surface area contributed by atoms with Crippen LogP contribution in [-0.2, 0) is 9.53 Å². The van der Waals surface area contributed by atoms with E-state index in [2.05, 4.69) is 10.1 Å². The summed E-state index contributed by atoms with van der Waals surface area (Å²) in [6.07, 6.45) is 0.865. The van der Waals surface area contributed by atoms with Crippen LogP contribution in [0.3, 0.4) is 0 Å². The Morgan fingerprint density at radius 2 is 2.11 bits per heavy atom. The van der Waals surface area contributed by atoms with Crippen LogP contribution in [0.5, 0.6) is 5.75 Å². The molecule has 1 aromatic carbocycles. The maximum Gasteiger partial charge on any atom is 0.337 e. The van der Waals surface area contributed by atoms with Gasteiger partial charge in [0.1, 0.15) is 5.75 Å². The van der Waals surface area contributed by atoms with Crippen LogP contribution in [0, 0.1) is 0 Å². The van der Waals surface area contributed by atoms with E-state index in [4.69, 9.17) is 4.74 Å². The second-order valence-corrected chi connectivity index (χ2v) is 4.18. The summed E-state index contributed by atoms with van der Waals surface area (Å²) in [5, 5.41) is 2.79. The molecule has 5 nitrogen and oxygen atoms in total. The molecule has 0 saturated heterocycles. The normalized spacial score (nSPS) is 11.5. The Kier molecular flexibility index (Phi) is 5.85. The third-order valence-corrected chi connectivity index (χ3v) is 2.64. The molecular weight excluding hydrogens is 246 g/mol. The van der Waals surface area contributed by atoms with Crippen molar-refractivity contribution >= 4 is 11.9 Å². The highest BCUT2D eigenvalue weighted by Crippen LogP contribution is 2.13. The lowest BCUT2D eigenvalue weighted by atomic mass is 10.2. The molecule has 0 spiro atoms. The van der Waals surface area contributed by atoms with Gasteiger partial charge in [0, 0.05) is 6.04 Å². The van der Waals surface area contributed by atoms with Gasteiger partial charge in [-0.15, -0.1) is 0 Å². The molecule has 1 atom stereocenters. The topological polar surface area (TPSA) is 64.6 Å². The molecule has 1 amide bonds. The van der Waals surface area contributed by atoms with Crippen molar-refractivity contribution in [1.29, 1.82) is 0 Å². The molecule has 0 aliphatic carbocycles. The zero-order chi connectivity index (χ0) is 14.3. The number of rotatable bonds is 6. The van der Waals surface area contributed by atoms with E-state index in [1.54, 1.807) is 24.3 Å². The van der Waals surface area contributed by atoms with Crippen LogP contribution in [0.4, 0.5) is 0 Å². The summed E-state index contributed by atoms with van der Waals surface area (Å²) in [7, 11) is 1.31. The molecule has 1 N–H and O–H groups in total. The summed E-state index contributed by atoms with van der Waals surface area (Å²) in [6.45, 7) is 3.84. The maximum atomic E-state index is 11.5. The SMILES string of the molecule is CC[C@@H](C)NC(=O)COc1cccc(C(=O)OC)c1. The Labute approximate surface area is 112 Å². The van der Waals surface area contributed by atoms with Crippen molar-refractivity contribution in [1.82, 2.24) is 5.32 Å². The number of methoxy groups -OCH3 is 1. The Balaban J connectivity index is 2.54. The molecule has 0 unspecified atom stereocenters. The number of hydrogen-bond donors (Lipinski definition) is 1. The number of carbonyl (C=O) groups is 2. The third-order valence-electron chi connectivity index (χ3n) is 2.64. The summed E-state index contributed by atoms with van der Waals surface area (Å²) >= 11 is 0. The predicted octanol–water partition coefficient (Wildman–Crippen LogP) is 1.77. The van der Waals surface area contributed by atoms with Gasteiger partial charge in [-0.3, -0.25) is 4.79 Å². The van der Waals surface area contributed by atoms with Crippen molar-refractivity contribution in [3.63, 3.8) is 0 Å². The van der Waals surface area contributed by atoms with Crippen LogP contribution in [0.15, 0.2) is 24.3 Å². The minimum atomic E-state index is -0.436. The Bertz CT molecular complexity index is 445. The number of esters is 1. The molecule has 0 aromatic heterocycles. The maximum absolute atomic E-state index is 11.5. The lowest BCUT2D eigenvalue weighted by molar-refractivity contribution is -0.123. The van der Waals surface area contributed by atoms with Gasteiger partial charge < -0.3 is 14.8 Å². The number of ether oxygens (including phenoxy) is 2. The van der Waals surface area contributed by atoms with Crippen LogP contribution in [0.1, 0.15) is 30.6 Å². The van der Waals surface area contributed by atoms with Crippen molar-refractivity contribution in [3.05, 3.63) is 29.8 Å². The van der Waals surface area contributed by atoms with Gasteiger partial charge in [-0.2, -0.15) is 0 Å². The standard InChI is InChI=1S/C14H19NO4/c1-4-10(2)15-13(16)9-19-12-7-5-6-11(8-12)14(17)18-3/h5-8,10H,4,9H2,1-3H3,(H,15,16)/t10-/m1/s1. The molecule has 1 rings (SSSR count). The fourth-order valence-corrected chi connectivity index (χ4v) is 1.40. The van der Waals surface area contributed by atoms with Crippen molar-refractivity contribution in [2.24, 2.45) is 0 Å². The van der Waals surface area contributed by atoms with E-state index in [-0.39, 0.29) is 18.6 Å². The Hall–Kier alpha value is -2.04. The van der Waals surface area contributed by atoms with Gasteiger partial charge in [-0.1, -0.05) is 13.0 Å². The van der Waals surface area contributed by atoms with E-state index in [1.807, 2.05) is 13.8 Å². The second-order valence-electron chi connectivity index (χ2n) is 4.18. The quantitative estimate of drug-likeness (QED) is 0.796. The van der Waals surface area contributed by atoms with Crippen molar-refractivity contribution in [2.75, 3.05) is 13.7 Å². The van der Waals surface area contributed by atoms with E-state index in [9.17, 15) is 9.59 Å². The molecule has 104 valence electrons. The van der Waals surface area contributed by atoms with Crippen LogP contribution >= 0.6 is 0 Å². The number of benzene rings is 1. The summed E-state index contributed by atoms with van der Waals surface area (Å²) < 4.78 is 9.94. The van der Waals surface area contributed by atoms with Gasteiger partial charge in [-0.25, -0.2) is 4.79 Å². The molecule has 0 aliphatic heterocycles. The van der Waals surface area contributed by atoms with E-state index in [0.717, 1.165) is 6.42 Å². The molecule has 1 aromatic rings. The highest BCUT2D eigenvalue weighted by molar-refractivity contribution is 5.89. The second kappa shape index (κ2) is 7.41. The average molecular weight is 265 g/mol. The van der Waals surface area contributed by atoms with E-state index in [1.165, 1.54) is 7.11 Å². The first-order valence-corrected chi connectivity index (χ1v) is 6.17. The van der Waals surface area contributed by atoms with Gasteiger partial charge in [0.15, 0.2) is 6.61 Å². The number of hydrogen-bond acceptors (Lipinski definition) is 4. The van der Waals surface area contributed by atoms with E-state index >= 15 is 0 Å². The van der Waals surface area contributed by atoms with Gasteiger partial charge in [0.25, 0.3) is 5.91 Å². The first-order chi connectivity index (χ1) is 9.06. The first-order valence-electron chi connectivity index (χ1n) is 6.17. The van der Waals surface area contributed by atoms with Gasteiger partial charge in [-0.05, 0) is 31.5 Å². The molecule has 0 fully saturated rings. The zero-order valence-corrected chi connectivity index (χ0v) is 11.4. The van der Waals surface area contributed by atoms with E-state index < -0.39 is 5.97 Å². The minimum absolute atomic E-state index is 0.0744. The van der Waals surface area contributed by atoms with Crippen LogP contribution < -0.4 is 10.1 Å². The van der Waals surface area contributed by atoms with Crippen LogP contribution in [0.2, 0.25) is 0 Å². The lowest BCUT2D eigenvalue weighted by Gasteiger charge is -2.12. The Morgan fingerprint density at radius 1 is 1.37 bits per heavy atom. The highest BCUT2D eigenvalue weighted by Gasteiger charge is 2.09. The molecule has 0 bridgehead atoms. The summed E-state index contributed by atoms with van der Waals surface area (Å²) in [5.41, 5.74) is 0.391. The highest BCUT2D eigenvalue weighted by atomic mass is 16.5. The predicted molar refractivity (Wildman–Crippen MR) is 71.2 cm³/mol. The summed E-state index contributed by atoms with van der Waals surface area (Å²) in [4.78, 5) is 22.9. The number of nitrogens with one attached hydrogen (secondary N) is 1. The average Bonchev–Trinajstić information content (AvgIpc) is 2.44. The van der Waals surface area contributed by atoms with Crippen molar-refractivity contribution in [3.8, 4) is 5.75 Å². The van der Waals surface area contributed by atoms with Crippen LogP contribution in [0.25, 0.3) is 0 Å². The summed E-state index contributed by atoms with van der Waals surface area (Å²) in [6, 6.07) is 6.65. The van der Waals surface area contributed by atoms with Crippen molar-refractivity contribution in [2.45, 2.75) is 26.3 Å². The molecule has 5 heteroatoms. The zero-order valence-electron chi connectivity index (χ0n) is 11.4. The molecule has 19 heavy (non-hydrogen) atoms. The smallest absolute Gasteiger partial charge is 0.337 e. The van der Waals surface area contributed by atoms with Crippen molar-refractivity contribution < 1.29 is 19.1 Å². The van der Waals surface area contributed by atoms with Gasteiger partial charge in [0.05, 0.1) is 12.7 Å². The molecule has 0 saturated carbocycles. The lowest BCUT2D eigenvalue weighted by Crippen LogP contribution is -2.35. The fraction of sp³-hybridized carbons (Fsp3) is 0.429.